The second-order valence-electron chi connectivity index (χ2n) is 5.67. The number of nitrogens with zero attached hydrogens (tertiary/aromatic N) is 1. The van der Waals surface area contributed by atoms with Gasteiger partial charge in [-0.2, -0.15) is 4.31 Å². The largest absolute Gasteiger partial charge is 0.462 e. The van der Waals surface area contributed by atoms with Gasteiger partial charge in [-0.25, -0.2) is 8.42 Å². The van der Waals surface area contributed by atoms with E-state index in [2.05, 4.69) is 0 Å². The minimum atomic E-state index is -3.34. The van der Waals surface area contributed by atoms with Gasteiger partial charge >= 0.3 is 5.97 Å². The normalized spacial score (nSPS) is 16.4. The standard InChI is InChI=1S/C14H30N2O5S2/c1-7-16(23(6,18)19)8-12(21-11(4)22-5)9-20-14(17)13(15)10(2)3/h10-13H,7-9,15H2,1-6H3/t11-,12+,13+/m1/s1. The Morgan fingerprint density at radius 3 is 2.26 bits per heavy atom. The number of likely N-dealkylation sites (N-methyl/N-ethyl adjacent to an activating group) is 1. The number of hydrogen-bond donors (Lipinski definition) is 1. The Morgan fingerprint density at radius 2 is 1.87 bits per heavy atom. The van der Waals surface area contributed by atoms with Crippen LogP contribution in [0.2, 0.25) is 0 Å². The van der Waals surface area contributed by atoms with Gasteiger partial charge in [0.1, 0.15) is 24.2 Å². The van der Waals surface area contributed by atoms with Crippen molar-refractivity contribution in [2.45, 2.75) is 45.3 Å². The van der Waals surface area contributed by atoms with Gasteiger partial charge < -0.3 is 15.2 Å². The first-order valence-electron chi connectivity index (χ1n) is 7.58. The molecule has 0 aromatic heterocycles. The van der Waals surface area contributed by atoms with Crippen LogP contribution in [-0.2, 0) is 24.3 Å². The van der Waals surface area contributed by atoms with Crippen molar-refractivity contribution in [2.24, 2.45) is 11.7 Å². The van der Waals surface area contributed by atoms with Crippen molar-refractivity contribution in [3.8, 4) is 0 Å². The zero-order valence-electron chi connectivity index (χ0n) is 14.8. The zero-order chi connectivity index (χ0) is 18.2. The molecule has 3 atom stereocenters. The van der Waals surface area contributed by atoms with Crippen LogP contribution in [0.4, 0.5) is 0 Å². The fourth-order valence-corrected chi connectivity index (χ4v) is 2.91. The van der Waals surface area contributed by atoms with Crippen LogP contribution in [-0.4, -0.2) is 68.5 Å². The Kier molecular flexibility index (Phi) is 10.3. The fraction of sp³-hybridized carbons (Fsp3) is 0.929. The molecule has 0 aliphatic heterocycles. The Morgan fingerprint density at radius 1 is 1.30 bits per heavy atom. The van der Waals surface area contributed by atoms with E-state index in [0.29, 0.717) is 6.54 Å². The SMILES string of the molecule is CCN(C[C@@H](COC(=O)[C@@H](N)C(C)C)O[C@@H](C)SC)S(C)(=O)=O. The molecule has 0 amide bonds. The Balaban J connectivity index is 4.85. The predicted octanol–water partition coefficient (Wildman–Crippen LogP) is 0.889. The molecular formula is C14H30N2O5S2. The lowest BCUT2D eigenvalue weighted by Crippen LogP contribution is -2.43. The molecule has 0 radical (unpaired) electrons. The van der Waals surface area contributed by atoms with Gasteiger partial charge in [-0.15, -0.1) is 11.8 Å². The number of ether oxygens (including phenoxy) is 2. The van der Waals surface area contributed by atoms with E-state index in [1.54, 1.807) is 6.92 Å². The van der Waals surface area contributed by atoms with E-state index >= 15 is 0 Å². The highest BCUT2D eigenvalue weighted by Gasteiger charge is 2.25. The van der Waals surface area contributed by atoms with Gasteiger partial charge in [0, 0.05) is 13.1 Å². The van der Waals surface area contributed by atoms with Crippen molar-refractivity contribution in [3.05, 3.63) is 0 Å². The summed E-state index contributed by atoms with van der Waals surface area (Å²) in [6.45, 7) is 7.69. The van der Waals surface area contributed by atoms with E-state index in [1.807, 2.05) is 27.0 Å². The van der Waals surface area contributed by atoms with Crippen LogP contribution in [0, 0.1) is 5.92 Å². The quantitative estimate of drug-likeness (QED) is 0.426. The molecule has 2 N–H and O–H groups in total. The highest BCUT2D eigenvalue weighted by Crippen LogP contribution is 2.13. The van der Waals surface area contributed by atoms with Crippen molar-refractivity contribution in [1.29, 1.82) is 0 Å². The van der Waals surface area contributed by atoms with Gasteiger partial charge in [0.15, 0.2) is 0 Å². The third-order valence-corrected chi connectivity index (χ3v) is 5.47. The van der Waals surface area contributed by atoms with Gasteiger partial charge in [0.2, 0.25) is 10.0 Å². The number of hydrogen-bond acceptors (Lipinski definition) is 7. The molecule has 0 spiro atoms. The molecule has 0 unspecified atom stereocenters. The fourth-order valence-electron chi connectivity index (χ4n) is 1.73. The van der Waals surface area contributed by atoms with E-state index < -0.39 is 28.1 Å². The number of nitrogens with two attached hydrogens (primary N) is 1. The van der Waals surface area contributed by atoms with Crippen molar-refractivity contribution in [3.63, 3.8) is 0 Å². The molecular weight excluding hydrogens is 340 g/mol. The summed E-state index contributed by atoms with van der Waals surface area (Å²) in [5.41, 5.74) is 5.60. The first-order chi connectivity index (χ1) is 10.5. The minimum Gasteiger partial charge on any atom is -0.462 e. The molecule has 0 aromatic carbocycles. The lowest BCUT2D eigenvalue weighted by atomic mass is 10.1. The first-order valence-corrected chi connectivity index (χ1v) is 10.7. The number of thioether (sulfide) groups is 1. The van der Waals surface area contributed by atoms with E-state index in [0.717, 1.165) is 6.26 Å². The summed E-state index contributed by atoms with van der Waals surface area (Å²) in [5.74, 6) is -0.539. The van der Waals surface area contributed by atoms with Crippen LogP contribution in [0.3, 0.4) is 0 Å². The number of esters is 1. The van der Waals surface area contributed by atoms with Gasteiger partial charge in [0.25, 0.3) is 0 Å². The van der Waals surface area contributed by atoms with Crippen molar-refractivity contribution in [2.75, 3.05) is 32.2 Å². The maximum Gasteiger partial charge on any atom is 0.323 e. The highest BCUT2D eigenvalue weighted by atomic mass is 32.2. The summed E-state index contributed by atoms with van der Waals surface area (Å²) in [6.07, 6.45) is 2.48. The Bertz CT molecular complexity index is 456. The van der Waals surface area contributed by atoms with Crippen LogP contribution < -0.4 is 5.73 Å². The highest BCUT2D eigenvalue weighted by molar-refractivity contribution is 7.99. The average Bonchev–Trinajstić information content (AvgIpc) is 2.46. The number of carbonyl (C=O) groups excluding carboxylic acids is 1. The molecule has 0 aromatic rings. The van der Waals surface area contributed by atoms with E-state index in [4.69, 9.17) is 15.2 Å². The molecule has 0 aliphatic carbocycles. The molecule has 0 bridgehead atoms. The monoisotopic (exact) mass is 370 g/mol. The first kappa shape index (κ1) is 22.6. The average molecular weight is 371 g/mol. The molecule has 9 heteroatoms. The lowest BCUT2D eigenvalue weighted by Gasteiger charge is -2.27. The molecule has 138 valence electrons. The summed E-state index contributed by atoms with van der Waals surface area (Å²) in [4.78, 5) is 11.9. The smallest absolute Gasteiger partial charge is 0.323 e. The maximum absolute atomic E-state index is 11.9. The summed E-state index contributed by atoms with van der Waals surface area (Å²) in [5, 5.41) is 0. The second-order valence-corrected chi connectivity index (χ2v) is 8.79. The van der Waals surface area contributed by atoms with Crippen LogP contribution in [0.25, 0.3) is 0 Å². The van der Waals surface area contributed by atoms with E-state index in [1.165, 1.54) is 16.1 Å². The van der Waals surface area contributed by atoms with Crippen molar-refractivity contribution in [1.82, 2.24) is 4.31 Å². The summed E-state index contributed by atoms with van der Waals surface area (Å²) in [6, 6.07) is -0.703. The van der Waals surface area contributed by atoms with Gasteiger partial charge in [-0.05, 0) is 19.1 Å². The molecule has 23 heavy (non-hydrogen) atoms. The van der Waals surface area contributed by atoms with E-state index in [9.17, 15) is 13.2 Å². The van der Waals surface area contributed by atoms with E-state index in [-0.39, 0.29) is 24.5 Å². The molecule has 0 heterocycles. The number of sulfonamides is 1. The van der Waals surface area contributed by atoms with Crippen LogP contribution >= 0.6 is 11.8 Å². The molecule has 0 saturated carbocycles. The third-order valence-electron chi connectivity index (χ3n) is 3.35. The van der Waals surface area contributed by atoms with Gasteiger partial charge in [-0.3, -0.25) is 4.79 Å². The van der Waals surface area contributed by atoms with Gasteiger partial charge in [-0.1, -0.05) is 20.8 Å². The van der Waals surface area contributed by atoms with Crippen molar-refractivity contribution < 1.29 is 22.7 Å². The van der Waals surface area contributed by atoms with Gasteiger partial charge in [0.05, 0.1) is 6.26 Å². The summed E-state index contributed by atoms with van der Waals surface area (Å²) < 4.78 is 35.7. The Labute approximate surface area is 144 Å². The lowest BCUT2D eigenvalue weighted by molar-refractivity contribution is -0.151. The summed E-state index contributed by atoms with van der Waals surface area (Å²) >= 11 is 1.49. The summed E-state index contributed by atoms with van der Waals surface area (Å²) in [7, 11) is -3.34. The third kappa shape index (κ3) is 8.90. The Hall–Kier alpha value is -0.350. The predicted molar refractivity (Wildman–Crippen MR) is 93.7 cm³/mol. The second kappa shape index (κ2) is 10.5. The molecule has 0 aliphatic rings. The maximum atomic E-state index is 11.9. The number of carbonyl (C=O) groups is 1. The number of rotatable bonds is 11. The van der Waals surface area contributed by atoms with Crippen LogP contribution in [0.5, 0.6) is 0 Å². The molecule has 0 fully saturated rings. The van der Waals surface area contributed by atoms with Crippen LogP contribution in [0.1, 0.15) is 27.7 Å². The zero-order valence-corrected chi connectivity index (χ0v) is 16.4. The van der Waals surface area contributed by atoms with Crippen LogP contribution in [0.15, 0.2) is 0 Å². The molecule has 0 saturated heterocycles. The topological polar surface area (TPSA) is 98.9 Å². The molecule has 0 rings (SSSR count). The molecule has 7 nitrogen and oxygen atoms in total. The van der Waals surface area contributed by atoms with Crippen molar-refractivity contribution >= 4 is 27.8 Å². The minimum absolute atomic E-state index is 0.0316.